The number of urea groups is 1. The van der Waals surface area contributed by atoms with Crippen LogP contribution in [0.1, 0.15) is 18.3 Å². The molecular formula is C19H24N6O. The lowest BCUT2D eigenvalue weighted by Gasteiger charge is -2.10. The van der Waals surface area contributed by atoms with E-state index in [0.717, 1.165) is 29.1 Å². The van der Waals surface area contributed by atoms with Crippen molar-refractivity contribution in [1.29, 1.82) is 0 Å². The third-order valence-electron chi connectivity index (χ3n) is 4.32. The van der Waals surface area contributed by atoms with Crippen LogP contribution in [-0.2, 0) is 20.0 Å². The summed E-state index contributed by atoms with van der Waals surface area (Å²) in [6.45, 7) is 5.24. The highest BCUT2D eigenvalue weighted by Gasteiger charge is 2.15. The molecule has 0 aliphatic carbocycles. The van der Waals surface area contributed by atoms with Crippen LogP contribution in [0.25, 0.3) is 11.3 Å². The second kappa shape index (κ2) is 7.86. The number of benzene rings is 1. The Morgan fingerprint density at radius 2 is 2.00 bits per heavy atom. The minimum absolute atomic E-state index is 0.242. The average Bonchev–Trinajstić information content (AvgIpc) is 3.21. The van der Waals surface area contributed by atoms with Crippen LogP contribution in [0.5, 0.6) is 0 Å². The molecule has 0 saturated heterocycles. The lowest BCUT2D eigenvalue weighted by atomic mass is 10.1. The SMILES string of the molecule is CCc1nccn1CCNC(=O)Nc1c(C)c(-c2ccccc2)nn1C. The van der Waals surface area contributed by atoms with Crippen molar-refractivity contribution in [2.45, 2.75) is 26.8 Å². The first kappa shape index (κ1) is 17.7. The fraction of sp³-hybridized carbons (Fsp3) is 0.316. The summed E-state index contributed by atoms with van der Waals surface area (Å²) in [6.07, 6.45) is 4.58. The van der Waals surface area contributed by atoms with E-state index in [2.05, 4.69) is 27.6 Å². The van der Waals surface area contributed by atoms with Gasteiger partial charge in [0, 0.05) is 50.1 Å². The van der Waals surface area contributed by atoms with E-state index < -0.39 is 0 Å². The number of aryl methyl sites for hydroxylation is 2. The number of nitrogens with zero attached hydrogens (tertiary/aromatic N) is 4. The summed E-state index contributed by atoms with van der Waals surface area (Å²) in [5, 5.41) is 10.3. The molecular weight excluding hydrogens is 328 g/mol. The van der Waals surface area contributed by atoms with Gasteiger partial charge in [-0.25, -0.2) is 9.78 Å². The van der Waals surface area contributed by atoms with Crippen LogP contribution in [-0.4, -0.2) is 31.9 Å². The van der Waals surface area contributed by atoms with Crippen LogP contribution in [0.4, 0.5) is 10.6 Å². The highest BCUT2D eigenvalue weighted by molar-refractivity contribution is 5.90. The smallest absolute Gasteiger partial charge is 0.320 e. The molecule has 3 aromatic rings. The largest absolute Gasteiger partial charge is 0.336 e. The first-order valence-electron chi connectivity index (χ1n) is 8.74. The summed E-state index contributed by atoms with van der Waals surface area (Å²) >= 11 is 0. The van der Waals surface area contributed by atoms with Crippen LogP contribution in [0.2, 0.25) is 0 Å². The predicted octanol–water partition coefficient (Wildman–Crippen LogP) is 2.98. The van der Waals surface area contributed by atoms with Gasteiger partial charge in [-0.2, -0.15) is 5.10 Å². The van der Waals surface area contributed by atoms with Crippen molar-refractivity contribution < 1.29 is 4.79 Å². The number of aromatic nitrogens is 4. The Balaban J connectivity index is 1.62. The van der Waals surface area contributed by atoms with Gasteiger partial charge in [-0.05, 0) is 6.92 Å². The van der Waals surface area contributed by atoms with Crippen molar-refractivity contribution in [1.82, 2.24) is 24.6 Å². The molecule has 3 rings (SSSR count). The second-order valence-electron chi connectivity index (χ2n) is 6.08. The maximum absolute atomic E-state index is 12.3. The van der Waals surface area contributed by atoms with E-state index in [9.17, 15) is 4.79 Å². The zero-order valence-electron chi connectivity index (χ0n) is 15.4. The maximum atomic E-state index is 12.3. The molecule has 1 aromatic carbocycles. The van der Waals surface area contributed by atoms with E-state index in [1.54, 1.807) is 10.9 Å². The highest BCUT2D eigenvalue weighted by Crippen LogP contribution is 2.27. The van der Waals surface area contributed by atoms with Crippen molar-refractivity contribution in [3.05, 3.63) is 54.1 Å². The summed E-state index contributed by atoms with van der Waals surface area (Å²) in [5.74, 6) is 1.71. The second-order valence-corrected chi connectivity index (χ2v) is 6.08. The summed E-state index contributed by atoms with van der Waals surface area (Å²) in [5.41, 5.74) is 2.84. The van der Waals surface area contributed by atoms with E-state index in [0.29, 0.717) is 18.9 Å². The van der Waals surface area contributed by atoms with Crippen LogP contribution >= 0.6 is 0 Å². The molecule has 0 spiro atoms. The molecule has 136 valence electrons. The van der Waals surface area contributed by atoms with Crippen LogP contribution in [0, 0.1) is 6.92 Å². The Labute approximate surface area is 153 Å². The first-order valence-corrected chi connectivity index (χ1v) is 8.74. The molecule has 0 saturated carbocycles. The average molecular weight is 352 g/mol. The summed E-state index contributed by atoms with van der Waals surface area (Å²) in [6, 6.07) is 9.70. The molecule has 2 heterocycles. The molecule has 0 bridgehead atoms. The third-order valence-corrected chi connectivity index (χ3v) is 4.32. The highest BCUT2D eigenvalue weighted by atomic mass is 16.2. The van der Waals surface area contributed by atoms with Gasteiger partial charge in [0.1, 0.15) is 11.6 Å². The zero-order valence-corrected chi connectivity index (χ0v) is 15.4. The number of imidazole rings is 1. The van der Waals surface area contributed by atoms with Gasteiger partial charge in [0.2, 0.25) is 0 Å². The van der Waals surface area contributed by atoms with Crippen molar-refractivity contribution in [2.75, 3.05) is 11.9 Å². The van der Waals surface area contributed by atoms with Crippen molar-refractivity contribution in [3.8, 4) is 11.3 Å². The molecule has 2 aromatic heterocycles. The number of nitrogens with one attached hydrogen (secondary N) is 2. The Kier molecular flexibility index (Phi) is 5.36. The summed E-state index contributed by atoms with van der Waals surface area (Å²) < 4.78 is 3.74. The molecule has 0 radical (unpaired) electrons. The lowest BCUT2D eigenvalue weighted by molar-refractivity contribution is 0.251. The fourth-order valence-corrected chi connectivity index (χ4v) is 2.97. The quantitative estimate of drug-likeness (QED) is 0.716. The first-order chi connectivity index (χ1) is 12.6. The Bertz CT molecular complexity index is 881. The van der Waals surface area contributed by atoms with Gasteiger partial charge < -0.3 is 9.88 Å². The predicted molar refractivity (Wildman–Crippen MR) is 102 cm³/mol. The fourth-order valence-electron chi connectivity index (χ4n) is 2.97. The minimum atomic E-state index is -0.242. The van der Waals surface area contributed by atoms with Crippen LogP contribution < -0.4 is 10.6 Å². The normalized spacial score (nSPS) is 10.7. The number of hydrogen-bond donors (Lipinski definition) is 2. The van der Waals surface area contributed by atoms with Gasteiger partial charge >= 0.3 is 6.03 Å². The molecule has 0 unspecified atom stereocenters. The molecule has 0 aliphatic heterocycles. The van der Waals surface area contributed by atoms with Gasteiger partial charge in [-0.1, -0.05) is 37.3 Å². The van der Waals surface area contributed by atoms with E-state index in [-0.39, 0.29) is 6.03 Å². The van der Waals surface area contributed by atoms with Gasteiger partial charge in [-0.3, -0.25) is 10.00 Å². The van der Waals surface area contributed by atoms with Crippen LogP contribution in [0.3, 0.4) is 0 Å². The van der Waals surface area contributed by atoms with E-state index in [1.165, 1.54) is 0 Å². The van der Waals surface area contributed by atoms with E-state index in [4.69, 9.17) is 0 Å². The summed E-state index contributed by atoms with van der Waals surface area (Å²) in [4.78, 5) is 16.5. The Morgan fingerprint density at radius 3 is 2.73 bits per heavy atom. The number of carbonyl (C=O) groups excluding carboxylic acids is 1. The number of amides is 2. The number of anilines is 1. The molecule has 7 heteroatoms. The minimum Gasteiger partial charge on any atom is -0.336 e. The molecule has 26 heavy (non-hydrogen) atoms. The number of hydrogen-bond acceptors (Lipinski definition) is 3. The number of carbonyl (C=O) groups is 1. The molecule has 2 N–H and O–H groups in total. The van der Waals surface area contributed by atoms with Gasteiger partial charge in [0.05, 0.1) is 5.69 Å². The maximum Gasteiger partial charge on any atom is 0.320 e. The molecule has 2 amide bonds. The Hall–Kier alpha value is -3.09. The summed E-state index contributed by atoms with van der Waals surface area (Å²) in [7, 11) is 1.83. The standard InChI is InChI=1S/C19H24N6O/c1-4-16-20-10-12-25(16)13-11-21-19(26)22-18-14(2)17(23-24(18)3)15-8-6-5-7-9-15/h5-10,12H,4,11,13H2,1-3H3,(H2,21,22,26). The Morgan fingerprint density at radius 1 is 1.23 bits per heavy atom. The third kappa shape index (κ3) is 3.77. The topological polar surface area (TPSA) is 76.8 Å². The van der Waals surface area contributed by atoms with Crippen molar-refractivity contribution in [3.63, 3.8) is 0 Å². The van der Waals surface area contributed by atoms with E-state index in [1.807, 2.05) is 55.1 Å². The molecule has 0 fully saturated rings. The van der Waals surface area contributed by atoms with Crippen molar-refractivity contribution >= 4 is 11.8 Å². The lowest BCUT2D eigenvalue weighted by Crippen LogP contribution is -2.32. The van der Waals surface area contributed by atoms with E-state index >= 15 is 0 Å². The monoisotopic (exact) mass is 352 g/mol. The molecule has 0 atom stereocenters. The molecule has 0 aliphatic rings. The van der Waals surface area contributed by atoms with Crippen LogP contribution in [0.15, 0.2) is 42.7 Å². The number of rotatable bonds is 6. The van der Waals surface area contributed by atoms with Gasteiger partial charge in [-0.15, -0.1) is 0 Å². The zero-order chi connectivity index (χ0) is 18.5. The van der Waals surface area contributed by atoms with Crippen molar-refractivity contribution in [2.24, 2.45) is 7.05 Å². The van der Waals surface area contributed by atoms with Gasteiger partial charge in [0.25, 0.3) is 0 Å². The van der Waals surface area contributed by atoms with Gasteiger partial charge in [0.15, 0.2) is 0 Å². The molecule has 7 nitrogen and oxygen atoms in total.